The highest BCUT2D eigenvalue weighted by molar-refractivity contribution is 6.90. The number of rotatable bonds is 1. The van der Waals surface area contributed by atoms with Gasteiger partial charge in [0.15, 0.2) is 0 Å². The van der Waals surface area contributed by atoms with E-state index < -0.39 is 0 Å². The summed E-state index contributed by atoms with van der Waals surface area (Å²) in [5.74, 6) is 2.05. The van der Waals surface area contributed by atoms with Crippen molar-refractivity contribution in [3.63, 3.8) is 0 Å². The molecule has 0 unspecified atom stereocenters. The van der Waals surface area contributed by atoms with Crippen LogP contribution in [0.2, 0.25) is 5.82 Å². The monoisotopic (exact) mass is 178 g/mol. The third-order valence-corrected chi connectivity index (χ3v) is 3.70. The topological polar surface area (TPSA) is 0 Å². The quantitative estimate of drug-likeness (QED) is 0.541. The van der Waals surface area contributed by atoms with E-state index in [1.54, 1.807) is 0 Å². The molecule has 1 saturated carbocycles. The third-order valence-electron chi connectivity index (χ3n) is 3.70. The van der Waals surface area contributed by atoms with Gasteiger partial charge in [-0.05, 0) is 5.92 Å². The Morgan fingerprint density at radius 2 is 1.38 bits per heavy atom. The minimum atomic E-state index is 0.998. The van der Waals surface area contributed by atoms with Gasteiger partial charge in [-0.3, -0.25) is 0 Å². The zero-order valence-corrected chi connectivity index (χ0v) is 9.52. The van der Waals surface area contributed by atoms with Gasteiger partial charge in [0.05, 0.1) is 14.9 Å². The van der Waals surface area contributed by atoms with E-state index in [1.807, 2.05) is 0 Å². The second-order valence-corrected chi connectivity index (χ2v) is 4.95. The highest BCUT2D eigenvalue weighted by atomic mass is 14.1. The van der Waals surface area contributed by atoms with Crippen LogP contribution in [-0.2, 0) is 0 Å². The Morgan fingerprint density at radius 1 is 0.923 bits per heavy atom. The van der Waals surface area contributed by atoms with Crippen LogP contribution in [0.3, 0.4) is 0 Å². The van der Waals surface area contributed by atoms with Gasteiger partial charge in [-0.25, -0.2) is 0 Å². The average Bonchev–Trinajstić information content (AvgIpc) is 2.16. The fourth-order valence-corrected chi connectivity index (χ4v) is 2.55. The van der Waals surface area contributed by atoms with Crippen molar-refractivity contribution in [1.82, 2.24) is 0 Å². The Bertz CT molecular complexity index is 113. The first-order valence-corrected chi connectivity index (χ1v) is 6.33. The van der Waals surface area contributed by atoms with Crippen LogP contribution in [0.15, 0.2) is 0 Å². The lowest BCUT2D eigenvalue weighted by Crippen LogP contribution is -2.06. The molecule has 0 heterocycles. The highest BCUT2D eigenvalue weighted by Gasteiger charge is 2.10. The van der Waals surface area contributed by atoms with Crippen LogP contribution in [0.5, 0.6) is 0 Å². The predicted molar refractivity (Wildman–Crippen MR) is 65.5 cm³/mol. The summed E-state index contributed by atoms with van der Waals surface area (Å²) < 4.78 is 0. The Morgan fingerprint density at radius 3 is 1.85 bits per heavy atom. The van der Waals surface area contributed by atoms with Crippen LogP contribution in [0.1, 0.15) is 58.3 Å². The van der Waals surface area contributed by atoms with Crippen LogP contribution in [0.4, 0.5) is 0 Å². The lowest BCUT2D eigenvalue weighted by molar-refractivity contribution is 0.414. The molecular weight excluding hydrogens is 154 g/mol. The highest BCUT2D eigenvalue weighted by Crippen LogP contribution is 2.26. The normalized spacial score (nSPS) is 32.4. The van der Waals surface area contributed by atoms with E-state index in [-0.39, 0.29) is 0 Å². The molecule has 0 aliphatic heterocycles. The van der Waals surface area contributed by atoms with Crippen LogP contribution < -0.4 is 0 Å². The summed E-state index contributed by atoms with van der Waals surface area (Å²) in [7, 11) is 3.77. The molecule has 0 bridgehead atoms. The standard InChI is InChI=1S/C11H24B2/c1-10-6-2-4-8-11(13-12)9-5-3-7-10/h10-11,13H,2-9,12H2,1H3/t10-,11+. The van der Waals surface area contributed by atoms with Crippen molar-refractivity contribution < 1.29 is 0 Å². The van der Waals surface area contributed by atoms with Gasteiger partial charge in [0.1, 0.15) is 0 Å². The summed E-state index contributed by atoms with van der Waals surface area (Å²) >= 11 is 0. The predicted octanol–water partition coefficient (Wildman–Crippen LogP) is 2.53. The van der Waals surface area contributed by atoms with Gasteiger partial charge in [-0.2, -0.15) is 0 Å². The van der Waals surface area contributed by atoms with Gasteiger partial charge in [0, 0.05) is 0 Å². The molecular formula is C11H24B2. The van der Waals surface area contributed by atoms with Crippen LogP contribution >= 0.6 is 0 Å². The maximum Gasteiger partial charge on any atom is 0.0860 e. The molecule has 0 amide bonds. The maximum absolute atomic E-state index is 2.43. The van der Waals surface area contributed by atoms with E-state index in [2.05, 4.69) is 14.7 Å². The molecule has 0 N–H and O–H groups in total. The first-order valence-electron chi connectivity index (χ1n) is 6.33. The maximum atomic E-state index is 2.43. The summed E-state index contributed by atoms with van der Waals surface area (Å²) in [4.78, 5) is 0. The molecule has 13 heavy (non-hydrogen) atoms. The zero-order valence-electron chi connectivity index (χ0n) is 9.52. The van der Waals surface area contributed by atoms with Crippen molar-refractivity contribution in [3.8, 4) is 0 Å². The van der Waals surface area contributed by atoms with Gasteiger partial charge in [-0.15, -0.1) is 0 Å². The van der Waals surface area contributed by atoms with Crippen molar-refractivity contribution >= 4 is 14.9 Å². The molecule has 2 heteroatoms. The summed E-state index contributed by atoms with van der Waals surface area (Å²) in [5.41, 5.74) is 0. The Labute approximate surface area is 85.5 Å². The second-order valence-electron chi connectivity index (χ2n) is 4.95. The summed E-state index contributed by atoms with van der Waals surface area (Å²) in [6.07, 6.45) is 11.9. The molecule has 0 aromatic rings. The van der Waals surface area contributed by atoms with Gasteiger partial charge < -0.3 is 0 Å². The van der Waals surface area contributed by atoms with E-state index in [1.165, 1.54) is 58.5 Å². The van der Waals surface area contributed by atoms with Crippen molar-refractivity contribution in [2.24, 2.45) is 5.92 Å². The molecule has 1 aliphatic rings. The summed E-state index contributed by atoms with van der Waals surface area (Å²) in [6, 6.07) is 0. The molecule has 0 nitrogen and oxygen atoms in total. The van der Waals surface area contributed by atoms with Crippen molar-refractivity contribution in [2.75, 3.05) is 0 Å². The lowest BCUT2D eigenvalue weighted by Gasteiger charge is -2.18. The Balaban J connectivity index is 2.24. The molecule has 0 saturated heterocycles. The van der Waals surface area contributed by atoms with E-state index in [0.717, 1.165) is 11.7 Å². The van der Waals surface area contributed by atoms with Gasteiger partial charge in [0.25, 0.3) is 0 Å². The van der Waals surface area contributed by atoms with Crippen molar-refractivity contribution in [2.45, 2.75) is 64.1 Å². The third kappa shape index (κ3) is 4.78. The number of hydrogen-bond donors (Lipinski definition) is 0. The lowest BCUT2D eigenvalue weighted by atomic mass is 9.45. The number of hydrogen-bond acceptors (Lipinski definition) is 0. The van der Waals surface area contributed by atoms with Gasteiger partial charge in [-0.1, -0.05) is 64.1 Å². The Kier molecular flexibility index (Phi) is 5.66. The molecule has 0 spiro atoms. The fraction of sp³-hybridized carbons (Fsp3) is 1.00. The van der Waals surface area contributed by atoms with Crippen LogP contribution in [0.25, 0.3) is 0 Å². The minimum absolute atomic E-state index is 0.998. The smallest absolute Gasteiger partial charge is 0.0737 e. The molecule has 1 rings (SSSR count). The van der Waals surface area contributed by atoms with Crippen LogP contribution in [0, 0.1) is 5.92 Å². The van der Waals surface area contributed by atoms with E-state index >= 15 is 0 Å². The summed E-state index contributed by atoms with van der Waals surface area (Å²) in [5, 5.41) is 0. The van der Waals surface area contributed by atoms with E-state index in [4.69, 9.17) is 0 Å². The molecule has 74 valence electrons. The average molecular weight is 178 g/mol. The largest absolute Gasteiger partial charge is 0.0860 e. The molecule has 0 aromatic heterocycles. The van der Waals surface area contributed by atoms with E-state index in [9.17, 15) is 0 Å². The molecule has 0 aromatic carbocycles. The van der Waals surface area contributed by atoms with Crippen molar-refractivity contribution in [3.05, 3.63) is 0 Å². The first kappa shape index (κ1) is 11.2. The summed E-state index contributed by atoms with van der Waals surface area (Å²) in [6.45, 7) is 2.43. The SMILES string of the molecule is BB[C@H]1CCCC[C@@H](C)CCCC1. The first-order chi connectivity index (χ1) is 6.33. The van der Waals surface area contributed by atoms with Crippen LogP contribution in [-0.4, -0.2) is 14.9 Å². The zero-order chi connectivity index (χ0) is 9.52. The van der Waals surface area contributed by atoms with E-state index in [0.29, 0.717) is 0 Å². The minimum Gasteiger partial charge on any atom is -0.0737 e. The molecule has 0 radical (unpaired) electrons. The van der Waals surface area contributed by atoms with Gasteiger partial charge >= 0.3 is 0 Å². The fourth-order valence-electron chi connectivity index (χ4n) is 2.55. The van der Waals surface area contributed by atoms with Gasteiger partial charge in [0.2, 0.25) is 0 Å². The Hall–Kier alpha value is 0.130. The second kappa shape index (κ2) is 6.56. The molecule has 0 atom stereocenters. The van der Waals surface area contributed by atoms with Crippen molar-refractivity contribution in [1.29, 1.82) is 0 Å². The molecule has 1 fully saturated rings. The molecule has 1 aliphatic carbocycles.